The molecule has 8 atom stereocenters. The molecule has 2 heterocycles. The Morgan fingerprint density at radius 3 is 1.71 bits per heavy atom. The predicted octanol–water partition coefficient (Wildman–Crippen LogP) is 3.74. The molecule has 0 spiro atoms. The summed E-state index contributed by atoms with van der Waals surface area (Å²) in [6.07, 6.45) is 11.9. The van der Waals surface area contributed by atoms with E-state index in [2.05, 4.69) is 11.8 Å². The quantitative estimate of drug-likeness (QED) is 0.189. The third-order valence-electron chi connectivity index (χ3n) is 9.76. The van der Waals surface area contributed by atoms with Gasteiger partial charge in [0.1, 0.15) is 36.6 Å². The van der Waals surface area contributed by atoms with Gasteiger partial charge in [0.05, 0.1) is 6.61 Å². The average Bonchev–Trinajstić information content (AvgIpc) is 3.41. The van der Waals surface area contributed by atoms with Crippen LogP contribution >= 0.6 is 0 Å². The second-order valence-electron chi connectivity index (χ2n) is 13.2. The van der Waals surface area contributed by atoms with Crippen LogP contribution in [0.1, 0.15) is 110 Å². The summed E-state index contributed by atoms with van der Waals surface area (Å²) in [6.45, 7) is 5.18. The molecule has 0 aromatic heterocycles. The van der Waals surface area contributed by atoms with Crippen LogP contribution in [0.2, 0.25) is 0 Å². The summed E-state index contributed by atoms with van der Waals surface area (Å²) < 4.78 is 23.4. The van der Waals surface area contributed by atoms with Gasteiger partial charge in [0.2, 0.25) is 0 Å². The fourth-order valence-electron chi connectivity index (χ4n) is 7.21. The van der Waals surface area contributed by atoms with Crippen molar-refractivity contribution in [3.63, 3.8) is 0 Å². The maximum absolute atomic E-state index is 10.9. The highest BCUT2D eigenvalue weighted by Gasteiger charge is 2.47. The predicted molar refractivity (Wildman–Crippen MR) is 156 cm³/mol. The molecular weight excluding hydrogens is 526 g/mol. The Morgan fingerprint density at radius 1 is 0.585 bits per heavy atom. The molecule has 9 heteroatoms. The van der Waals surface area contributed by atoms with Crippen molar-refractivity contribution in [1.82, 2.24) is 4.90 Å². The van der Waals surface area contributed by atoms with Gasteiger partial charge < -0.3 is 44.3 Å². The highest BCUT2D eigenvalue weighted by molar-refractivity contribution is 4.91. The largest absolute Gasteiger partial charge is 0.387 e. The van der Waals surface area contributed by atoms with E-state index in [0.717, 1.165) is 25.9 Å². The number of hydrogen-bond donors (Lipinski definition) is 4. The topological polar surface area (TPSA) is 121 Å². The fraction of sp³-hybridized carbons (Fsp3) is 1.00. The van der Waals surface area contributed by atoms with Crippen molar-refractivity contribution >= 4 is 0 Å². The minimum Gasteiger partial charge on any atom is -0.387 e. The number of aliphatic hydroxyl groups is 4. The molecule has 41 heavy (non-hydrogen) atoms. The first kappa shape index (κ1) is 33.5. The Balaban J connectivity index is 1.22. The molecule has 4 rings (SSSR count). The van der Waals surface area contributed by atoms with E-state index >= 15 is 0 Å². The summed E-state index contributed by atoms with van der Waals surface area (Å²) in [5.41, 5.74) is 0. The van der Waals surface area contributed by atoms with Crippen molar-refractivity contribution in [2.45, 2.75) is 159 Å². The summed E-state index contributed by atoms with van der Waals surface area (Å²) in [5, 5.41) is 42.6. The monoisotopic (exact) mass is 585 g/mol. The van der Waals surface area contributed by atoms with Gasteiger partial charge in [-0.25, -0.2) is 0 Å². The zero-order valence-corrected chi connectivity index (χ0v) is 25.5. The first-order chi connectivity index (χ1) is 20.0. The van der Waals surface area contributed by atoms with Crippen LogP contribution in [-0.2, 0) is 18.9 Å². The lowest BCUT2D eigenvalue weighted by Gasteiger charge is -2.35. The van der Waals surface area contributed by atoms with E-state index in [1.807, 2.05) is 0 Å². The van der Waals surface area contributed by atoms with Crippen LogP contribution in [0.4, 0.5) is 0 Å². The molecule has 0 aromatic carbocycles. The van der Waals surface area contributed by atoms with Gasteiger partial charge in [-0.05, 0) is 43.9 Å². The van der Waals surface area contributed by atoms with Gasteiger partial charge in [-0.15, -0.1) is 0 Å². The Morgan fingerprint density at radius 2 is 1.10 bits per heavy atom. The van der Waals surface area contributed by atoms with E-state index in [0.29, 0.717) is 25.0 Å². The Kier molecular flexibility index (Phi) is 14.6. The van der Waals surface area contributed by atoms with Crippen molar-refractivity contribution < 1.29 is 39.4 Å². The molecule has 0 radical (unpaired) electrons. The van der Waals surface area contributed by atoms with E-state index in [-0.39, 0.29) is 6.61 Å². The van der Waals surface area contributed by atoms with Crippen LogP contribution in [0.15, 0.2) is 0 Å². The smallest absolute Gasteiger partial charge is 0.186 e. The highest BCUT2D eigenvalue weighted by atomic mass is 16.7. The zero-order chi connectivity index (χ0) is 29.0. The Labute approximate surface area is 247 Å². The van der Waals surface area contributed by atoms with Gasteiger partial charge in [-0.3, -0.25) is 0 Å². The van der Waals surface area contributed by atoms with Crippen LogP contribution in [0.25, 0.3) is 0 Å². The second kappa shape index (κ2) is 17.8. The SMILES string of the molecule is CCCCCCCCO[C@H]1O[C@H](CO[C@H]2O[C@H](CN(CC3CCCCC3)CC3CCCCC3)[C@@H](O)[C@@H]2O)[C@@H](O)[C@@H]1O. The minimum atomic E-state index is -1.19. The molecule has 4 N–H and O–H groups in total. The maximum Gasteiger partial charge on any atom is 0.186 e. The lowest BCUT2D eigenvalue weighted by molar-refractivity contribution is -0.205. The van der Waals surface area contributed by atoms with Crippen molar-refractivity contribution in [3.8, 4) is 0 Å². The molecule has 0 amide bonds. The van der Waals surface area contributed by atoms with E-state index in [9.17, 15) is 20.4 Å². The Hall–Kier alpha value is -0.360. The second-order valence-corrected chi connectivity index (χ2v) is 13.2. The normalized spacial score (nSPS) is 35.6. The molecule has 2 saturated carbocycles. The molecule has 4 aliphatic rings. The molecule has 0 aromatic rings. The van der Waals surface area contributed by atoms with Crippen LogP contribution in [0.5, 0.6) is 0 Å². The number of nitrogens with zero attached hydrogens (tertiary/aromatic N) is 1. The summed E-state index contributed by atoms with van der Waals surface area (Å²) in [5.74, 6) is 1.37. The number of hydrogen-bond acceptors (Lipinski definition) is 9. The molecule has 4 fully saturated rings. The number of rotatable bonds is 17. The van der Waals surface area contributed by atoms with Crippen LogP contribution < -0.4 is 0 Å². The molecule has 240 valence electrons. The minimum absolute atomic E-state index is 0.0792. The van der Waals surface area contributed by atoms with Gasteiger partial charge in [-0.2, -0.15) is 0 Å². The molecular formula is C32H59NO8. The summed E-state index contributed by atoms with van der Waals surface area (Å²) >= 11 is 0. The average molecular weight is 586 g/mol. The van der Waals surface area contributed by atoms with Gasteiger partial charge in [0, 0.05) is 26.2 Å². The third-order valence-corrected chi connectivity index (χ3v) is 9.76. The van der Waals surface area contributed by atoms with Gasteiger partial charge in [0.25, 0.3) is 0 Å². The van der Waals surface area contributed by atoms with Gasteiger partial charge in [-0.1, -0.05) is 77.6 Å². The Bertz CT molecular complexity index is 683. The molecule has 0 bridgehead atoms. The molecule has 2 saturated heterocycles. The number of ether oxygens (including phenoxy) is 4. The van der Waals surface area contributed by atoms with Crippen molar-refractivity contribution in [3.05, 3.63) is 0 Å². The van der Waals surface area contributed by atoms with Crippen LogP contribution in [-0.4, -0.2) is 107 Å². The first-order valence-electron chi connectivity index (χ1n) is 16.9. The summed E-state index contributed by atoms with van der Waals surface area (Å²) in [4.78, 5) is 2.47. The fourth-order valence-corrected chi connectivity index (χ4v) is 7.21. The van der Waals surface area contributed by atoms with E-state index in [1.54, 1.807) is 0 Å². The molecule has 9 nitrogen and oxygen atoms in total. The highest BCUT2D eigenvalue weighted by Crippen LogP contribution is 2.31. The van der Waals surface area contributed by atoms with Crippen molar-refractivity contribution in [2.75, 3.05) is 32.8 Å². The maximum atomic E-state index is 10.9. The van der Waals surface area contributed by atoms with Crippen LogP contribution in [0.3, 0.4) is 0 Å². The molecule has 2 aliphatic carbocycles. The molecule has 0 unspecified atom stereocenters. The number of aliphatic hydroxyl groups excluding tert-OH is 4. The zero-order valence-electron chi connectivity index (χ0n) is 25.5. The lowest BCUT2D eigenvalue weighted by Crippen LogP contribution is -2.44. The van der Waals surface area contributed by atoms with Crippen molar-refractivity contribution in [1.29, 1.82) is 0 Å². The lowest BCUT2D eigenvalue weighted by atomic mass is 9.86. The van der Waals surface area contributed by atoms with E-state index in [1.165, 1.54) is 89.9 Å². The summed E-state index contributed by atoms with van der Waals surface area (Å²) in [7, 11) is 0. The van der Waals surface area contributed by atoms with E-state index in [4.69, 9.17) is 18.9 Å². The third kappa shape index (κ3) is 10.4. The van der Waals surface area contributed by atoms with Crippen molar-refractivity contribution in [2.24, 2.45) is 11.8 Å². The van der Waals surface area contributed by atoms with Gasteiger partial charge in [0.15, 0.2) is 12.6 Å². The van der Waals surface area contributed by atoms with E-state index < -0.39 is 49.2 Å². The first-order valence-corrected chi connectivity index (χ1v) is 16.9. The van der Waals surface area contributed by atoms with Gasteiger partial charge >= 0.3 is 0 Å². The molecule has 2 aliphatic heterocycles. The van der Waals surface area contributed by atoms with Crippen LogP contribution in [0, 0.1) is 11.8 Å². The number of unbranched alkanes of at least 4 members (excludes halogenated alkanes) is 5. The summed E-state index contributed by atoms with van der Waals surface area (Å²) in [6, 6.07) is 0. The standard InChI is InChI=1S/C32H59NO8/c1-2-3-4-5-6-13-18-38-31-30(37)28(35)26(41-31)22-39-32-29(36)27(34)25(40-32)21-33(19-23-14-9-7-10-15-23)20-24-16-11-8-12-17-24/h23-32,34-37H,2-22H2,1H3/t25-,26-,27-,28-,29+,30+,31+,32+/m1/s1.